The van der Waals surface area contributed by atoms with E-state index in [-0.39, 0.29) is 11.5 Å². The Morgan fingerprint density at radius 2 is 1.65 bits per heavy atom. The van der Waals surface area contributed by atoms with E-state index in [2.05, 4.69) is 84.0 Å². The second-order valence-corrected chi connectivity index (χ2v) is 8.46. The van der Waals surface area contributed by atoms with Crippen molar-refractivity contribution in [1.82, 2.24) is 0 Å². The van der Waals surface area contributed by atoms with Crippen LogP contribution in [0.1, 0.15) is 54.2 Å². The van der Waals surface area contributed by atoms with Crippen molar-refractivity contribution >= 4 is 12.2 Å². The van der Waals surface area contributed by atoms with Crippen LogP contribution >= 0.6 is 0 Å². The van der Waals surface area contributed by atoms with E-state index >= 15 is 0 Å². The summed E-state index contributed by atoms with van der Waals surface area (Å²) < 4.78 is 11.4. The van der Waals surface area contributed by atoms with Gasteiger partial charge in [0, 0.05) is 0 Å². The highest BCUT2D eigenvalue weighted by Gasteiger charge is 2.24. The molecular weight excluding hydrogens is 320 g/mol. The molecule has 0 radical (unpaired) electrons. The van der Waals surface area contributed by atoms with Crippen LogP contribution in [0.3, 0.4) is 0 Å². The Kier molecular flexibility index (Phi) is 5.24. The van der Waals surface area contributed by atoms with Crippen LogP contribution in [0, 0.1) is 20.8 Å². The van der Waals surface area contributed by atoms with Crippen LogP contribution in [-0.4, -0.2) is 19.3 Å². The Labute approximate surface area is 157 Å². The van der Waals surface area contributed by atoms with E-state index in [0.717, 1.165) is 12.4 Å². The molecule has 138 valence electrons. The highest BCUT2D eigenvalue weighted by molar-refractivity contribution is 5.73. The average Bonchev–Trinajstić information content (AvgIpc) is 3.35. The number of epoxide rings is 1. The third kappa shape index (κ3) is 4.76. The molecule has 0 amide bonds. The van der Waals surface area contributed by atoms with E-state index in [1.165, 1.54) is 33.4 Å². The molecule has 1 saturated heterocycles. The first kappa shape index (κ1) is 18.7. The van der Waals surface area contributed by atoms with Crippen LogP contribution in [-0.2, 0) is 10.2 Å². The Balaban J connectivity index is 1.95. The summed E-state index contributed by atoms with van der Waals surface area (Å²) >= 11 is 0. The Hall–Kier alpha value is -2.06. The maximum atomic E-state index is 6.07. The fourth-order valence-corrected chi connectivity index (χ4v) is 3.10. The van der Waals surface area contributed by atoms with E-state index in [4.69, 9.17) is 9.47 Å². The summed E-state index contributed by atoms with van der Waals surface area (Å²) in [6, 6.07) is 11.1. The van der Waals surface area contributed by atoms with Gasteiger partial charge >= 0.3 is 0 Å². The lowest BCUT2D eigenvalue weighted by Gasteiger charge is -2.22. The first-order valence-corrected chi connectivity index (χ1v) is 9.38. The van der Waals surface area contributed by atoms with Gasteiger partial charge in [-0.1, -0.05) is 68.3 Å². The van der Waals surface area contributed by atoms with Gasteiger partial charge in [0.2, 0.25) is 0 Å². The smallest absolute Gasteiger partial charge is 0.123 e. The Morgan fingerprint density at radius 3 is 2.23 bits per heavy atom. The molecule has 1 atom stereocenters. The van der Waals surface area contributed by atoms with Crippen molar-refractivity contribution in [1.29, 1.82) is 0 Å². The maximum absolute atomic E-state index is 6.07. The molecule has 26 heavy (non-hydrogen) atoms. The molecule has 1 fully saturated rings. The molecule has 0 bridgehead atoms. The minimum Gasteiger partial charge on any atom is -0.490 e. The molecule has 3 rings (SSSR count). The van der Waals surface area contributed by atoms with E-state index in [0.29, 0.717) is 6.61 Å². The van der Waals surface area contributed by atoms with Crippen LogP contribution in [0.2, 0.25) is 0 Å². The predicted molar refractivity (Wildman–Crippen MR) is 110 cm³/mol. The molecule has 0 N–H and O–H groups in total. The second-order valence-electron chi connectivity index (χ2n) is 8.46. The number of rotatable bonds is 5. The van der Waals surface area contributed by atoms with Crippen LogP contribution in [0.5, 0.6) is 5.75 Å². The molecule has 1 aliphatic heterocycles. The zero-order valence-corrected chi connectivity index (χ0v) is 16.8. The van der Waals surface area contributed by atoms with Crippen LogP contribution in [0.15, 0.2) is 30.3 Å². The monoisotopic (exact) mass is 350 g/mol. The third-order valence-electron chi connectivity index (χ3n) is 4.79. The molecule has 2 heteroatoms. The summed E-state index contributed by atoms with van der Waals surface area (Å²) in [6.45, 7) is 14.6. The highest BCUT2D eigenvalue weighted by Crippen LogP contribution is 2.32. The van der Waals surface area contributed by atoms with E-state index in [9.17, 15) is 0 Å². The van der Waals surface area contributed by atoms with E-state index in [1.54, 1.807) is 0 Å². The van der Waals surface area contributed by atoms with E-state index < -0.39 is 0 Å². The topological polar surface area (TPSA) is 21.8 Å². The van der Waals surface area contributed by atoms with Crippen LogP contribution in [0.4, 0.5) is 0 Å². The first-order chi connectivity index (χ1) is 12.2. The van der Waals surface area contributed by atoms with Gasteiger partial charge < -0.3 is 9.47 Å². The fraction of sp³-hybridized carbons (Fsp3) is 0.417. The zero-order chi connectivity index (χ0) is 18.9. The molecule has 2 aromatic rings. The number of aryl methyl sites for hydroxylation is 2. The van der Waals surface area contributed by atoms with Crippen LogP contribution in [0.25, 0.3) is 12.2 Å². The van der Waals surface area contributed by atoms with Crippen molar-refractivity contribution < 1.29 is 9.47 Å². The van der Waals surface area contributed by atoms with Gasteiger partial charge in [-0.25, -0.2) is 0 Å². The van der Waals surface area contributed by atoms with Gasteiger partial charge in [0.05, 0.1) is 6.61 Å². The van der Waals surface area contributed by atoms with Crippen molar-refractivity contribution in [3.63, 3.8) is 0 Å². The number of benzene rings is 2. The molecule has 0 aromatic heterocycles. The van der Waals surface area contributed by atoms with Gasteiger partial charge in [-0.3, -0.25) is 0 Å². The summed E-state index contributed by atoms with van der Waals surface area (Å²) in [6.07, 6.45) is 4.67. The SMILES string of the molecule is Cc1cc(C)cc(C=Cc2cc(C(C)(C)C)cc(OCC3CO3)c2C)c1. The molecule has 2 nitrogen and oxygen atoms in total. The second kappa shape index (κ2) is 7.28. The minimum atomic E-state index is 0.0738. The van der Waals surface area contributed by atoms with Gasteiger partial charge in [0.25, 0.3) is 0 Å². The Morgan fingerprint density at radius 1 is 1.00 bits per heavy atom. The number of hydrogen-bond acceptors (Lipinski definition) is 2. The van der Waals surface area contributed by atoms with Gasteiger partial charge in [0.1, 0.15) is 18.5 Å². The lowest BCUT2D eigenvalue weighted by molar-refractivity contribution is 0.261. The summed E-state index contributed by atoms with van der Waals surface area (Å²) in [5, 5.41) is 0. The quantitative estimate of drug-likeness (QED) is 0.498. The fourth-order valence-electron chi connectivity index (χ4n) is 3.10. The summed E-state index contributed by atoms with van der Waals surface area (Å²) in [5.41, 5.74) is 7.57. The average molecular weight is 351 g/mol. The van der Waals surface area contributed by atoms with Gasteiger partial charge in [-0.15, -0.1) is 0 Å². The van der Waals surface area contributed by atoms with Crippen molar-refractivity contribution in [2.24, 2.45) is 0 Å². The van der Waals surface area contributed by atoms with Crippen molar-refractivity contribution in [3.8, 4) is 5.75 Å². The highest BCUT2D eigenvalue weighted by atomic mass is 16.6. The van der Waals surface area contributed by atoms with Gasteiger partial charge in [-0.05, 0) is 54.5 Å². The normalized spacial score (nSPS) is 16.9. The molecule has 1 unspecified atom stereocenters. The summed E-state index contributed by atoms with van der Waals surface area (Å²) in [5.74, 6) is 0.966. The Bertz CT molecular complexity index is 801. The predicted octanol–water partition coefficient (Wildman–Crippen LogP) is 5.86. The standard InChI is InChI=1S/C24H30O2/c1-16-9-17(2)11-19(10-16)7-8-20-12-21(24(4,5)6)13-23(18(20)3)26-15-22-14-25-22/h7-13,22H,14-15H2,1-6H3. The van der Waals surface area contributed by atoms with E-state index in [1.807, 2.05) is 0 Å². The molecular formula is C24H30O2. The number of hydrogen-bond donors (Lipinski definition) is 0. The van der Waals surface area contributed by atoms with Crippen molar-refractivity contribution in [2.75, 3.05) is 13.2 Å². The third-order valence-corrected chi connectivity index (χ3v) is 4.79. The molecule has 0 spiro atoms. The largest absolute Gasteiger partial charge is 0.490 e. The van der Waals surface area contributed by atoms with Crippen LogP contribution < -0.4 is 4.74 Å². The van der Waals surface area contributed by atoms with Crippen molar-refractivity contribution in [2.45, 2.75) is 53.1 Å². The molecule has 2 aromatic carbocycles. The maximum Gasteiger partial charge on any atom is 0.123 e. The zero-order valence-electron chi connectivity index (χ0n) is 16.8. The minimum absolute atomic E-state index is 0.0738. The lowest BCUT2D eigenvalue weighted by atomic mass is 9.85. The molecule has 0 saturated carbocycles. The molecule has 0 aliphatic carbocycles. The first-order valence-electron chi connectivity index (χ1n) is 9.38. The summed E-state index contributed by atoms with van der Waals surface area (Å²) in [7, 11) is 0. The number of ether oxygens (including phenoxy) is 2. The lowest BCUT2D eigenvalue weighted by Crippen LogP contribution is -2.13. The van der Waals surface area contributed by atoms with Gasteiger partial charge in [-0.2, -0.15) is 0 Å². The van der Waals surface area contributed by atoms with Crippen molar-refractivity contribution in [3.05, 3.63) is 63.7 Å². The molecule has 1 aliphatic rings. The molecule has 1 heterocycles. The summed E-state index contributed by atoms with van der Waals surface area (Å²) in [4.78, 5) is 0. The van der Waals surface area contributed by atoms with Gasteiger partial charge in [0.15, 0.2) is 0 Å².